The van der Waals surface area contributed by atoms with E-state index in [9.17, 15) is 9.59 Å². The van der Waals surface area contributed by atoms with Crippen LogP contribution < -0.4 is 10.6 Å². The molecule has 2 N–H and O–H groups in total. The lowest BCUT2D eigenvalue weighted by Crippen LogP contribution is -2.58. The number of hydrogen-bond acceptors (Lipinski definition) is 4. The molecule has 1 aliphatic heterocycles. The van der Waals surface area contributed by atoms with Crippen LogP contribution in [-0.4, -0.2) is 22.8 Å². The molecule has 2 aromatic rings. The summed E-state index contributed by atoms with van der Waals surface area (Å²) in [5.74, 6) is -0.333. The molecule has 0 radical (unpaired) electrons. The van der Waals surface area contributed by atoms with Crippen molar-refractivity contribution >= 4 is 23.2 Å². The molecule has 1 aliphatic rings. The predicted octanol–water partition coefficient (Wildman–Crippen LogP) is 2.34. The summed E-state index contributed by atoms with van der Waals surface area (Å²) in [5, 5.41) is 5.66. The Morgan fingerprint density at radius 2 is 1.79 bits per heavy atom. The van der Waals surface area contributed by atoms with E-state index in [4.69, 9.17) is 0 Å². The highest BCUT2D eigenvalue weighted by molar-refractivity contribution is 7.09. The second-order valence-corrected chi connectivity index (χ2v) is 8.02. The molecule has 0 aliphatic carbocycles. The number of amides is 2. The van der Waals surface area contributed by atoms with Crippen LogP contribution >= 0.6 is 11.3 Å². The average Bonchev–Trinajstić information content (AvgIpc) is 3.03. The summed E-state index contributed by atoms with van der Waals surface area (Å²) in [6.45, 7) is 6.42. The van der Waals surface area contributed by atoms with Gasteiger partial charge >= 0.3 is 0 Å². The van der Waals surface area contributed by atoms with Crippen molar-refractivity contribution in [3.63, 3.8) is 0 Å². The SMILES string of the molecule is CC(C)(C)c1ccc(C2NC(=O)C(Cc3cncs3)NC2=O)cc1. The first-order valence-corrected chi connectivity index (χ1v) is 8.81. The lowest BCUT2D eigenvalue weighted by molar-refractivity contribution is -0.136. The van der Waals surface area contributed by atoms with Crippen molar-refractivity contribution in [1.82, 2.24) is 15.6 Å². The molecule has 1 aromatic carbocycles. The van der Waals surface area contributed by atoms with Gasteiger partial charge in [0, 0.05) is 17.5 Å². The molecule has 0 saturated carbocycles. The smallest absolute Gasteiger partial charge is 0.247 e. The third kappa shape index (κ3) is 3.48. The highest BCUT2D eigenvalue weighted by Crippen LogP contribution is 2.25. The van der Waals surface area contributed by atoms with E-state index in [2.05, 4.69) is 36.4 Å². The molecule has 2 unspecified atom stereocenters. The Bertz CT molecular complexity index is 733. The van der Waals surface area contributed by atoms with Gasteiger partial charge in [0.05, 0.1) is 5.51 Å². The largest absolute Gasteiger partial charge is 0.342 e. The monoisotopic (exact) mass is 343 g/mol. The second-order valence-electron chi connectivity index (χ2n) is 7.05. The standard InChI is InChI=1S/C18H21N3O2S/c1-18(2,3)12-6-4-11(5-7-12)15-17(23)20-14(16(22)21-15)8-13-9-19-10-24-13/h4-7,9-10,14-15H,8H2,1-3H3,(H,20,23)(H,21,22). The number of nitrogens with one attached hydrogen (secondary N) is 2. The first kappa shape index (κ1) is 16.6. The van der Waals surface area contributed by atoms with Gasteiger partial charge in [-0.25, -0.2) is 0 Å². The topological polar surface area (TPSA) is 71.1 Å². The number of carbonyl (C=O) groups excluding carboxylic acids is 2. The maximum absolute atomic E-state index is 12.4. The molecule has 3 rings (SSSR count). The van der Waals surface area contributed by atoms with Gasteiger partial charge in [-0.3, -0.25) is 14.6 Å². The number of piperazine rings is 1. The van der Waals surface area contributed by atoms with Crippen molar-refractivity contribution in [2.75, 3.05) is 0 Å². The quantitative estimate of drug-likeness (QED) is 0.898. The van der Waals surface area contributed by atoms with E-state index in [1.54, 1.807) is 11.7 Å². The molecule has 2 amide bonds. The van der Waals surface area contributed by atoms with Gasteiger partial charge in [-0.15, -0.1) is 11.3 Å². The number of nitrogens with zero attached hydrogens (tertiary/aromatic N) is 1. The highest BCUT2D eigenvalue weighted by Gasteiger charge is 2.34. The highest BCUT2D eigenvalue weighted by atomic mass is 32.1. The van der Waals surface area contributed by atoms with Gasteiger partial charge in [0.25, 0.3) is 0 Å². The van der Waals surface area contributed by atoms with Crippen LogP contribution in [0, 0.1) is 0 Å². The molecular weight excluding hydrogens is 322 g/mol. The number of carbonyl (C=O) groups is 2. The van der Waals surface area contributed by atoms with Crippen molar-refractivity contribution in [3.05, 3.63) is 52.0 Å². The Morgan fingerprint density at radius 1 is 1.08 bits per heavy atom. The van der Waals surface area contributed by atoms with Crippen LogP contribution in [0.15, 0.2) is 36.0 Å². The fourth-order valence-corrected chi connectivity index (χ4v) is 3.37. The molecule has 1 saturated heterocycles. The van der Waals surface area contributed by atoms with Gasteiger partial charge in [-0.05, 0) is 16.5 Å². The van der Waals surface area contributed by atoms with Crippen LogP contribution in [0.3, 0.4) is 0 Å². The zero-order valence-electron chi connectivity index (χ0n) is 14.0. The molecule has 5 nitrogen and oxygen atoms in total. The minimum atomic E-state index is -0.635. The van der Waals surface area contributed by atoms with Crippen molar-refractivity contribution in [2.45, 2.75) is 44.7 Å². The first-order valence-electron chi connectivity index (χ1n) is 7.93. The zero-order chi connectivity index (χ0) is 17.3. The number of benzene rings is 1. The van der Waals surface area contributed by atoms with Crippen molar-refractivity contribution in [1.29, 1.82) is 0 Å². The molecular formula is C18H21N3O2S. The fraction of sp³-hybridized carbons (Fsp3) is 0.389. The summed E-state index contributed by atoms with van der Waals surface area (Å²) in [5.41, 5.74) is 3.76. The molecule has 126 valence electrons. The third-order valence-corrected chi connectivity index (χ3v) is 4.98. The second kappa shape index (κ2) is 6.36. The number of thiazole rings is 1. The van der Waals surface area contributed by atoms with Gasteiger partial charge in [-0.2, -0.15) is 0 Å². The fourth-order valence-electron chi connectivity index (χ4n) is 2.73. The summed E-state index contributed by atoms with van der Waals surface area (Å²) in [6.07, 6.45) is 2.19. The minimum Gasteiger partial charge on any atom is -0.342 e. The van der Waals surface area contributed by atoms with E-state index in [0.29, 0.717) is 6.42 Å². The summed E-state index contributed by atoms with van der Waals surface area (Å²) in [6, 6.07) is 6.67. The maximum atomic E-state index is 12.4. The zero-order valence-corrected chi connectivity index (χ0v) is 14.8. The molecule has 6 heteroatoms. The summed E-state index contributed by atoms with van der Waals surface area (Å²) >= 11 is 1.48. The van der Waals surface area contributed by atoms with Crippen molar-refractivity contribution in [2.24, 2.45) is 0 Å². The van der Waals surface area contributed by atoms with E-state index in [1.807, 2.05) is 24.3 Å². The van der Waals surface area contributed by atoms with Crippen LogP contribution in [0.4, 0.5) is 0 Å². The summed E-state index contributed by atoms with van der Waals surface area (Å²) in [4.78, 5) is 29.7. The van der Waals surface area contributed by atoms with Crippen LogP contribution in [0.25, 0.3) is 0 Å². The third-order valence-electron chi connectivity index (χ3n) is 4.18. The van der Waals surface area contributed by atoms with E-state index >= 15 is 0 Å². The first-order chi connectivity index (χ1) is 11.3. The average molecular weight is 343 g/mol. The predicted molar refractivity (Wildman–Crippen MR) is 93.8 cm³/mol. The molecule has 1 aromatic heterocycles. The molecule has 0 bridgehead atoms. The van der Waals surface area contributed by atoms with E-state index in [1.165, 1.54) is 16.9 Å². The molecule has 24 heavy (non-hydrogen) atoms. The normalized spacial score (nSPS) is 21.3. The lowest BCUT2D eigenvalue weighted by atomic mass is 9.86. The van der Waals surface area contributed by atoms with E-state index < -0.39 is 12.1 Å². The molecule has 1 fully saturated rings. The van der Waals surface area contributed by atoms with Crippen molar-refractivity contribution in [3.8, 4) is 0 Å². The Hall–Kier alpha value is -2.21. The molecule has 2 heterocycles. The van der Waals surface area contributed by atoms with Crippen LogP contribution in [0.2, 0.25) is 0 Å². The maximum Gasteiger partial charge on any atom is 0.247 e. The summed E-state index contributed by atoms with van der Waals surface area (Å²) < 4.78 is 0. The van der Waals surface area contributed by atoms with E-state index in [-0.39, 0.29) is 17.2 Å². The molecule has 2 atom stereocenters. The Labute approximate surface area is 145 Å². The van der Waals surface area contributed by atoms with Gasteiger partial charge in [0.2, 0.25) is 11.8 Å². The van der Waals surface area contributed by atoms with Gasteiger partial charge in [0.1, 0.15) is 12.1 Å². The van der Waals surface area contributed by atoms with E-state index in [0.717, 1.165) is 10.4 Å². The number of aromatic nitrogens is 1. The minimum absolute atomic E-state index is 0.0520. The Kier molecular flexibility index (Phi) is 4.41. The number of rotatable bonds is 3. The van der Waals surface area contributed by atoms with Crippen molar-refractivity contribution < 1.29 is 9.59 Å². The summed E-state index contributed by atoms with van der Waals surface area (Å²) in [7, 11) is 0. The Balaban J connectivity index is 1.72. The van der Waals surface area contributed by atoms with Gasteiger partial charge in [-0.1, -0.05) is 45.0 Å². The lowest BCUT2D eigenvalue weighted by Gasteiger charge is -2.30. The van der Waals surface area contributed by atoms with Gasteiger partial charge < -0.3 is 10.6 Å². The molecule has 0 spiro atoms. The number of hydrogen-bond donors (Lipinski definition) is 2. The Morgan fingerprint density at radius 3 is 2.38 bits per heavy atom. The van der Waals surface area contributed by atoms with Crippen LogP contribution in [0.5, 0.6) is 0 Å². The van der Waals surface area contributed by atoms with Crippen LogP contribution in [0.1, 0.15) is 42.8 Å². The van der Waals surface area contributed by atoms with Gasteiger partial charge in [0.15, 0.2) is 0 Å². The van der Waals surface area contributed by atoms with Crippen LogP contribution in [-0.2, 0) is 21.4 Å².